The molecule has 2 nitrogen and oxygen atoms in total. The zero-order valence-electron chi connectivity index (χ0n) is 9.46. The number of nitrogens with one attached hydrogen (secondary N) is 1. The van der Waals surface area contributed by atoms with Crippen molar-refractivity contribution in [2.75, 3.05) is 11.5 Å². The molecule has 0 spiro atoms. The maximum atomic E-state index is 13.7. The van der Waals surface area contributed by atoms with Gasteiger partial charge >= 0.3 is 0 Å². The maximum Gasteiger partial charge on any atom is 0.127 e. The van der Waals surface area contributed by atoms with E-state index in [1.54, 1.807) is 0 Å². The Labute approximate surface area is 114 Å². The number of hydrogen-bond donors (Lipinski definition) is 2. The van der Waals surface area contributed by atoms with Gasteiger partial charge in [0.05, 0.1) is 0 Å². The van der Waals surface area contributed by atoms with Crippen LogP contribution >= 0.6 is 27.7 Å². The molecule has 94 valence electrons. The molecule has 2 rings (SSSR count). The van der Waals surface area contributed by atoms with Crippen LogP contribution in [0.3, 0.4) is 0 Å². The first kappa shape index (κ1) is 13.3. The molecular weight excluding hydrogens is 303 g/mol. The number of rotatable bonds is 4. The van der Waals surface area contributed by atoms with E-state index in [4.69, 9.17) is 5.84 Å². The monoisotopic (exact) mass is 318 g/mol. The van der Waals surface area contributed by atoms with Crippen LogP contribution in [0.25, 0.3) is 0 Å². The van der Waals surface area contributed by atoms with E-state index >= 15 is 0 Å². The van der Waals surface area contributed by atoms with Crippen LogP contribution in [0.1, 0.15) is 12.0 Å². The molecule has 3 N–H and O–H groups in total. The Morgan fingerprint density at radius 3 is 3.00 bits per heavy atom. The topological polar surface area (TPSA) is 38.0 Å². The van der Waals surface area contributed by atoms with Gasteiger partial charge in [-0.15, -0.1) is 0 Å². The van der Waals surface area contributed by atoms with Crippen LogP contribution in [0.2, 0.25) is 0 Å². The minimum Gasteiger partial charge on any atom is -0.271 e. The molecule has 0 bridgehead atoms. The van der Waals surface area contributed by atoms with Crippen molar-refractivity contribution in [3.63, 3.8) is 0 Å². The van der Waals surface area contributed by atoms with Crippen LogP contribution in [-0.4, -0.2) is 17.5 Å². The smallest absolute Gasteiger partial charge is 0.127 e. The first-order chi connectivity index (χ1) is 8.20. The summed E-state index contributed by atoms with van der Waals surface area (Å²) >= 11 is 5.21. The molecule has 1 aromatic rings. The molecule has 2 atom stereocenters. The second-order valence-electron chi connectivity index (χ2n) is 4.34. The highest BCUT2D eigenvalue weighted by Gasteiger charge is 2.25. The summed E-state index contributed by atoms with van der Waals surface area (Å²) in [4.78, 5) is 0. The van der Waals surface area contributed by atoms with Gasteiger partial charge in [0.15, 0.2) is 0 Å². The third-order valence-electron chi connectivity index (χ3n) is 3.20. The molecule has 5 heteroatoms. The van der Waals surface area contributed by atoms with Gasteiger partial charge in [-0.1, -0.05) is 22.0 Å². The second kappa shape index (κ2) is 6.18. The molecule has 0 amide bonds. The van der Waals surface area contributed by atoms with Gasteiger partial charge in [0.25, 0.3) is 0 Å². The van der Waals surface area contributed by atoms with Crippen molar-refractivity contribution >= 4 is 27.7 Å². The fraction of sp³-hybridized carbons (Fsp3) is 0.500. The van der Waals surface area contributed by atoms with Gasteiger partial charge in [0, 0.05) is 10.5 Å². The molecule has 1 aliphatic heterocycles. The van der Waals surface area contributed by atoms with E-state index < -0.39 is 0 Å². The number of hydrazine groups is 1. The third-order valence-corrected chi connectivity index (χ3v) is 4.88. The SMILES string of the molecule is NNC(Cc1ccc(Br)cc1F)C1CCSC1. The van der Waals surface area contributed by atoms with Crippen molar-refractivity contribution in [1.29, 1.82) is 0 Å². The lowest BCUT2D eigenvalue weighted by molar-refractivity contribution is 0.381. The summed E-state index contributed by atoms with van der Waals surface area (Å²) in [5.74, 6) is 8.28. The van der Waals surface area contributed by atoms with Gasteiger partial charge in [0.2, 0.25) is 0 Å². The molecule has 1 aromatic carbocycles. The van der Waals surface area contributed by atoms with Gasteiger partial charge in [-0.3, -0.25) is 11.3 Å². The fourth-order valence-electron chi connectivity index (χ4n) is 2.16. The summed E-state index contributed by atoms with van der Waals surface area (Å²) in [6, 6.07) is 5.37. The minimum absolute atomic E-state index is 0.162. The van der Waals surface area contributed by atoms with Crippen LogP contribution in [0.4, 0.5) is 4.39 Å². The molecule has 1 aliphatic rings. The molecule has 2 unspecified atom stereocenters. The van der Waals surface area contributed by atoms with E-state index in [1.165, 1.54) is 11.8 Å². The van der Waals surface area contributed by atoms with Gasteiger partial charge in [0.1, 0.15) is 5.82 Å². The summed E-state index contributed by atoms with van der Waals surface area (Å²) in [6.07, 6.45) is 1.82. The number of halogens is 2. The molecule has 0 radical (unpaired) electrons. The number of hydrogen-bond acceptors (Lipinski definition) is 3. The van der Waals surface area contributed by atoms with E-state index in [0.29, 0.717) is 12.3 Å². The second-order valence-corrected chi connectivity index (χ2v) is 6.40. The normalized spacial score (nSPS) is 21.7. The number of nitrogens with two attached hydrogens (primary N) is 1. The predicted octanol–water partition coefficient (Wildman–Crippen LogP) is 2.72. The standard InChI is InChI=1S/C12H16BrFN2S/c13-10-2-1-8(11(14)6-10)5-12(16-15)9-3-4-17-7-9/h1-2,6,9,12,16H,3-5,7,15H2. The summed E-state index contributed by atoms with van der Waals surface area (Å²) in [5.41, 5.74) is 3.57. The van der Waals surface area contributed by atoms with E-state index in [0.717, 1.165) is 22.2 Å². The fourth-order valence-corrected chi connectivity index (χ4v) is 3.83. The van der Waals surface area contributed by atoms with Crippen molar-refractivity contribution in [2.24, 2.45) is 11.8 Å². The zero-order valence-corrected chi connectivity index (χ0v) is 11.9. The molecule has 1 heterocycles. The average molecular weight is 319 g/mol. The molecule has 1 saturated heterocycles. The van der Waals surface area contributed by atoms with Gasteiger partial charge < -0.3 is 0 Å². The Kier molecular flexibility index (Phi) is 4.85. The first-order valence-corrected chi connectivity index (χ1v) is 7.63. The van der Waals surface area contributed by atoms with Crippen molar-refractivity contribution < 1.29 is 4.39 Å². The van der Waals surface area contributed by atoms with Crippen molar-refractivity contribution in [1.82, 2.24) is 5.43 Å². The summed E-state index contributed by atoms with van der Waals surface area (Å²) in [6.45, 7) is 0. The maximum absolute atomic E-state index is 13.7. The quantitative estimate of drug-likeness (QED) is 0.662. The highest BCUT2D eigenvalue weighted by Crippen LogP contribution is 2.28. The lowest BCUT2D eigenvalue weighted by Gasteiger charge is -2.22. The van der Waals surface area contributed by atoms with E-state index in [9.17, 15) is 4.39 Å². The Bertz CT molecular complexity index is 383. The summed E-state index contributed by atoms with van der Waals surface area (Å²) in [7, 11) is 0. The Hall–Kier alpha value is -0.100. The van der Waals surface area contributed by atoms with Gasteiger partial charge in [-0.2, -0.15) is 11.8 Å². The van der Waals surface area contributed by atoms with E-state index in [2.05, 4.69) is 21.4 Å². The average Bonchev–Trinajstić information content (AvgIpc) is 2.81. The van der Waals surface area contributed by atoms with Crippen molar-refractivity contribution in [3.05, 3.63) is 34.1 Å². The Morgan fingerprint density at radius 2 is 2.41 bits per heavy atom. The third kappa shape index (κ3) is 3.44. The molecule has 0 saturated carbocycles. The van der Waals surface area contributed by atoms with Crippen molar-refractivity contribution in [2.45, 2.75) is 18.9 Å². The number of thioether (sulfide) groups is 1. The molecule has 0 aliphatic carbocycles. The highest BCUT2D eigenvalue weighted by molar-refractivity contribution is 9.10. The van der Waals surface area contributed by atoms with Crippen LogP contribution in [-0.2, 0) is 6.42 Å². The Balaban J connectivity index is 2.06. The van der Waals surface area contributed by atoms with Gasteiger partial charge in [-0.05, 0) is 48.0 Å². The molecule has 1 fully saturated rings. The van der Waals surface area contributed by atoms with E-state index in [-0.39, 0.29) is 11.9 Å². The number of benzene rings is 1. The summed E-state index contributed by atoms with van der Waals surface area (Å²) in [5, 5.41) is 0. The minimum atomic E-state index is -0.162. The predicted molar refractivity (Wildman–Crippen MR) is 74.3 cm³/mol. The lowest BCUT2D eigenvalue weighted by atomic mass is 9.93. The lowest BCUT2D eigenvalue weighted by Crippen LogP contribution is -2.42. The molecule has 17 heavy (non-hydrogen) atoms. The zero-order chi connectivity index (χ0) is 12.3. The highest BCUT2D eigenvalue weighted by atomic mass is 79.9. The summed E-state index contributed by atoms with van der Waals surface area (Å²) < 4.78 is 14.5. The van der Waals surface area contributed by atoms with Crippen LogP contribution in [0.15, 0.2) is 22.7 Å². The Morgan fingerprint density at radius 1 is 1.59 bits per heavy atom. The van der Waals surface area contributed by atoms with Crippen molar-refractivity contribution in [3.8, 4) is 0 Å². The van der Waals surface area contributed by atoms with Crippen LogP contribution < -0.4 is 11.3 Å². The first-order valence-electron chi connectivity index (χ1n) is 5.68. The largest absolute Gasteiger partial charge is 0.271 e. The molecular formula is C12H16BrFN2S. The van der Waals surface area contributed by atoms with E-state index in [1.807, 2.05) is 23.9 Å². The van der Waals surface area contributed by atoms with Crippen LogP contribution in [0, 0.1) is 11.7 Å². The van der Waals surface area contributed by atoms with Crippen LogP contribution in [0.5, 0.6) is 0 Å². The molecule has 0 aromatic heterocycles. The van der Waals surface area contributed by atoms with Gasteiger partial charge in [-0.25, -0.2) is 4.39 Å².